The normalized spacial score (nSPS) is 12.1. The number of hydrogen-bond acceptors (Lipinski definition) is 4. The lowest BCUT2D eigenvalue weighted by molar-refractivity contribution is -0.121. The Bertz CT molecular complexity index is 1040. The van der Waals surface area contributed by atoms with Gasteiger partial charge in [0.2, 0.25) is 5.91 Å². The molecule has 142 valence electrons. The topological polar surface area (TPSA) is 73.5 Å². The maximum atomic E-state index is 13.8. The smallest absolute Gasteiger partial charge is 0.419 e. The van der Waals surface area contributed by atoms with Crippen LogP contribution in [0.1, 0.15) is 24.9 Å². The lowest BCUT2D eigenvalue weighted by Crippen LogP contribution is -2.28. The average molecular weight is 393 g/mol. The van der Waals surface area contributed by atoms with Crippen molar-refractivity contribution in [3.63, 3.8) is 0 Å². The lowest BCUT2D eigenvalue weighted by atomic mass is 10.1. The largest absolute Gasteiger partial charge is 0.494 e. The zero-order valence-electron chi connectivity index (χ0n) is 14.8. The van der Waals surface area contributed by atoms with E-state index >= 15 is 0 Å². The highest BCUT2D eigenvalue weighted by atomic mass is 35.5. The average Bonchev–Trinajstić information content (AvgIpc) is 2.93. The van der Waals surface area contributed by atoms with Crippen molar-refractivity contribution in [2.75, 3.05) is 7.11 Å². The number of methoxy groups -OCH3 is 1. The van der Waals surface area contributed by atoms with E-state index in [1.165, 1.54) is 23.8 Å². The first-order valence-electron chi connectivity index (χ1n) is 8.30. The number of ether oxygens (including phenoxy) is 1. The standard InChI is InChI=1S/C19H18ClFN2O4/c1-11(12-3-6-16(26-2)14(21)9-12)22-18(24)7-8-23-15-5-4-13(20)10-17(15)27-19(23)25/h3-6,9-11H,7-8H2,1-2H3,(H,22,24)/t11-/m1/s1. The number of carbonyl (C=O) groups excluding carboxylic acids is 1. The highest BCUT2D eigenvalue weighted by Crippen LogP contribution is 2.22. The molecule has 3 aromatic rings. The molecule has 1 N–H and O–H groups in total. The molecule has 1 atom stereocenters. The Hall–Kier alpha value is -2.80. The predicted octanol–water partition coefficient (Wildman–Crippen LogP) is 3.66. The van der Waals surface area contributed by atoms with E-state index in [1.807, 2.05) is 0 Å². The number of oxazole rings is 1. The summed E-state index contributed by atoms with van der Waals surface area (Å²) >= 11 is 5.88. The number of hydrogen-bond donors (Lipinski definition) is 1. The molecule has 8 heteroatoms. The van der Waals surface area contributed by atoms with Crippen molar-refractivity contribution >= 4 is 28.6 Å². The number of halogens is 2. The minimum absolute atomic E-state index is 0.0696. The second-order valence-corrected chi connectivity index (χ2v) is 6.50. The molecule has 0 fully saturated rings. The maximum absolute atomic E-state index is 13.8. The van der Waals surface area contributed by atoms with Gasteiger partial charge in [0, 0.05) is 24.1 Å². The van der Waals surface area contributed by atoms with Crippen LogP contribution in [0.4, 0.5) is 4.39 Å². The monoisotopic (exact) mass is 392 g/mol. The van der Waals surface area contributed by atoms with Crippen molar-refractivity contribution in [1.82, 2.24) is 9.88 Å². The van der Waals surface area contributed by atoms with E-state index in [1.54, 1.807) is 31.2 Å². The zero-order chi connectivity index (χ0) is 19.6. The molecule has 0 bridgehead atoms. The van der Waals surface area contributed by atoms with Gasteiger partial charge in [-0.1, -0.05) is 17.7 Å². The van der Waals surface area contributed by atoms with E-state index < -0.39 is 17.6 Å². The number of amides is 1. The summed E-state index contributed by atoms with van der Waals surface area (Å²) < 4.78 is 25.2. The number of aryl methyl sites for hydroxylation is 1. The van der Waals surface area contributed by atoms with E-state index in [-0.39, 0.29) is 24.6 Å². The van der Waals surface area contributed by atoms with Gasteiger partial charge in [-0.2, -0.15) is 0 Å². The number of aromatic nitrogens is 1. The zero-order valence-corrected chi connectivity index (χ0v) is 15.5. The van der Waals surface area contributed by atoms with E-state index in [0.29, 0.717) is 21.7 Å². The maximum Gasteiger partial charge on any atom is 0.419 e. The van der Waals surface area contributed by atoms with Crippen LogP contribution in [0.3, 0.4) is 0 Å². The molecule has 2 aromatic carbocycles. The molecule has 1 amide bonds. The highest BCUT2D eigenvalue weighted by molar-refractivity contribution is 6.31. The van der Waals surface area contributed by atoms with E-state index in [2.05, 4.69) is 5.32 Å². The Morgan fingerprint density at radius 2 is 2.11 bits per heavy atom. The summed E-state index contributed by atoms with van der Waals surface area (Å²) in [6, 6.07) is 8.99. The van der Waals surface area contributed by atoms with E-state index in [0.717, 1.165) is 0 Å². The third-order valence-electron chi connectivity index (χ3n) is 4.25. The first-order chi connectivity index (χ1) is 12.9. The third kappa shape index (κ3) is 4.14. The van der Waals surface area contributed by atoms with Gasteiger partial charge in [-0.15, -0.1) is 0 Å². The minimum Gasteiger partial charge on any atom is -0.494 e. The van der Waals surface area contributed by atoms with Gasteiger partial charge in [0.1, 0.15) is 0 Å². The van der Waals surface area contributed by atoms with Crippen LogP contribution in [-0.4, -0.2) is 17.6 Å². The van der Waals surface area contributed by atoms with Crippen molar-refractivity contribution in [3.8, 4) is 5.75 Å². The highest BCUT2D eigenvalue weighted by Gasteiger charge is 2.14. The van der Waals surface area contributed by atoms with Crippen LogP contribution in [-0.2, 0) is 11.3 Å². The molecule has 0 saturated heterocycles. The first-order valence-corrected chi connectivity index (χ1v) is 8.68. The Kier molecular flexibility index (Phi) is 5.51. The number of nitrogens with zero attached hydrogens (tertiary/aromatic N) is 1. The fourth-order valence-corrected chi connectivity index (χ4v) is 2.98. The molecule has 0 spiro atoms. The lowest BCUT2D eigenvalue weighted by Gasteiger charge is -2.15. The molecule has 1 heterocycles. The third-order valence-corrected chi connectivity index (χ3v) is 4.48. The summed E-state index contributed by atoms with van der Waals surface area (Å²) in [6.07, 6.45) is 0.0696. The molecule has 0 aliphatic carbocycles. The molecule has 0 aliphatic heterocycles. The van der Waals surface area contributed by atoms with Crippen molar-refractivity contribution in [1.29, 1.82) is 0 Å². The Balaban J connectivity index is 1.65. The van der Waals surface area contributed by atoms with Crippen LogP contribution in [0.2, 0.25) is 5.02 Å². The van der Waals surface area contributed by atoms with Gasteiger partial charge in [-0.25, -0.2) is 9.18 Å². The van der Waals surface area contributed by atoms with E-state index in [4.69, 9.17) is 20.8 Å². The van der Waals surface area contributed by atoms with Crippen LogP contribution in [0.15, 0.2) is 45.6 Å². The molecule has 0 saturated carbocycles. The van der Waals surface area contributed by atoms with Gasteiger partial charge in [0.15, 0.2) is 17.1 Å². The van der Waals surface area contributed by atoms with Crippen LogP contribution >= 0.6 is 11.6 Å². The van der Waals surface area contributed by atoms with Crippen LogP contribution in [0, 0.1) is 5.82 Å². The van der Waals surface area contributed by atoms with Gasteiger partial charge < -0.3 is 14.5 Å². The summed E-state index contributed by atoms with van der Waals surface area (Å²) in [5, 5.41) is 3.25. The van der Waals surface area contributed by atoms with Gasteiger partial charge in [0.25, 0.3) is 0 Å². The van der Waals surface area contributed by atoms with Crippen LogP contribution in [0.25, 0.3) is 11.1 Å². The fourth-order valence-electron chi connectivity index (χ4n) is 2.81. The fraction of sp³-hybridized carbons (Fsp3) is 0.263. The molecule has 1 aromatic heterocycles. The van der Waals surface area contributed by atoms with Gasteiger partial charge in [-0.05, 0) is 36.8 Å². The van der Waals surface area contributed by atoms with Crippen LogP contribution < -0.4 is 15.8 Å². The summed E-state index contributed by atoms with van der Waals surface area (Å²) in [5.41, 5.74) is 1.56. The molecule has 3 rings (SSSR count). The number of rotatable bonds is 6. The van der Waals surface area contributed by atoms with Crippen molar-refractivity contribution in [2.45, 2.75) is 25.9 Å². The second-order valence-electron chi connectivity index (χ2n) is 6.06. The quantitative estimate of drug-likeness (QED) is 0.694. The van der Waals surface area contributed by atoms with E-state index in [9.17, 15) is 14.0 Å². The molecule has 0 radical (unpaired) electrons. The summed E-state index contributed by atoms with van der Waals surface area (Å²) in [7, 11) is 1.39. The SMILES string of the molecule is COc1ccc([C@@H](C)NC(=O)CCn2c(=O)oc3cc(Cl)ccc32)cc1F. The first kappa shape index (κ1) is 19.0. The van der Waals surface area contributed by atoms with Crippen molar-refractivity contribution in [2.24, 2.45) is 0 Å². The molecule has 6 nitrogen and oxygen atoms in total. The van der Waals surface area contributed by atoms with Gasteiger partial charge >= 0.3 is 5.76 Å². The Morgan fingerprint density at radius 3 is 2.81 bits per heavy atom. The Labute approximate surface area is 159 Å². The van der Waals surface area contributed by atoms with Crippen molar-refractivity contribution < 1.29 is 18.3 Å². The minimum atomic E-state index is -0.551. The number of benzene rings is 2. The molecular formula is C19H18ClFN2O4. The molecular weight excluding hydrogens is 375 g/mol. The molecule has 27 heavy (non-hydrogen) atoms. The number of carbonyl (C=O) groups is 1. The molecule has 0 unspecified atom stereocenters. The summed E-state index contributed by atoms with van der Waals surface area (Å²) in [4.78, 5) is 24.2. The Morgan fingerprint density at radius 1 is 1.33 bits per heavy atom. The second kappa shape index (κ2) is 7.84. The van der Waals surface area contributed by atoms with Crippen molar-refractivity contribution in [3.05, 3.63) is 63.4 Å². The van der Waals surface area contributed by atoms with Gasteiger partial charge in [-0.3, -0.25) is 9.36 Å². The van der Waals surface area contributed by atoms with Crippen LogP contribution in [0.5, 0.6) is 5.75 Å². The van der Waals surface area contributed by atoms with Gasteiger partial charge in [0.05, 0.1) is 18.7 Å². The predicted molar refractivity (Wildman–Crippen MR) is 99.6 cm³/mol. The summed E-state index contributed by atoms with van der Waals surface area (Å²) in [5.74, 6) is -1.17. The number of nitrogens with one attached hydrogen (secondary N) is 1. The molecule has 0 aliphatic rings. The summed E-state index contributed by atoms with van der Waals surface area (Å²) in [6.45, 7) is 1.91. The number of fused-ring (bicyclic) bond motifs is 1.